The van der Waals surface area contributed by atoms with Crippen LogP contribution in [0.4, 0.5) is 6.01 Å². The van der Waals surface area contributed by atoms with E-state index in [0.29, 0.717) is 31.9 Å². The molecule has 0 aliphatic carbocycles. The second-order valence-electron chi connectivity index (χ2n) is 4.35. The molecule has 1 unspecified atom stereocenters. The van der Waals surface area contributed by atoms with Gasteiger partial charge in [-0.2, -0.15) is 9.98 Å². The Hall–Kier alpha value is -2.12. The van der Waals surface area contributed by atoms with Crippen molar-refractivity contribution in [2.75, 3.05) is 31.8 Å². The summed E-state index contributed by atoms with van der Waals surface area (Å²) >= 11 is 0. The molecule has 2 aromatic rings. The Morgan fingerprint density at radius 3 is 3.05 bits per heavy atom. The molecule has 0 fully saturated rings. The van der Waals surface area contributed by atoms with Gasteiger partial charge in [0.2, 0.25) is 5.96 Å². The molecule has 4 N–H and O–H groups in total. The van der Waals surface area contributed by atoms with Crippen LogP contribution in [-0.2, 0) is 0 Å². The van der Waals surface area contributed by atoms with Crippen LogP contribution in [0.1, 0.15) is 0 Å². The van der Waals surface area contributed by atoms with Gasteiger partial charge in [-0.3, -0.25) is 10.2 Å². The molecule has 2 heterocycles. The molecule has 3 rings (SSSR count). The van der Waals surface area contributed by atoms with Crippen molar-refractivity contribution in [3.8, 4) is 0 Å². The van der Waals surface area contributed by atoms with E-state index in [-0.39, 0.29) is 6.61 Å². The molecule has 19 heavy (non-hydrogen) atoms. The highest BCUT2D eigenvalue weighted by atomic mass is 16.4. The monoisotopic (exact) mass is 262 g/mol. The molecule has 0 radical (unpaired) electrons. The number of quaternary nitrogens is 1. The van der Waals surface area contributed by atoms with Crippen LogP contribution in [-0.4, -0.2) is 42.5 Å². The first kappa shape index (κ1) is 11.9. The summed E-state index contributed by atoms with van der Waals surface area (Å²) in [6.07, 6.45) is 0. The Labute approximate surface area is 109 Å². The molecule has 0 amide bonds. The molecule has 100 valence electrons. The van der Waals surface area contributed by atoms with Crippen molar-refractivity contribution in [1.29, 1.82) is 0 Å². The fourth-order valence-electron chi connectivity index (χ4n) is 1.95. The Morgan fingerprint density at radius 1 is 1.42 bits per heavy atom. The minimum absolute atomic E-state index is 0.167. The SMILES string of the molecule is OCC[NH+]1CN=C(Nc2nc3ccccc3o2)NC1. The highest BCUT2D eigenvalue weighted by Gasteiger charge is 2.15. The van der Waals surface area contributed by atoms with Crippen molar-refractivity contribution in [2.24, 2.45) is 4.99 Å². The smallest absolute Gasteiger partial charge is 0.302 e. The van der Waals surface area contributed by atoms with Gasteiger partial charge in [-0.15, -0.1) is 0 Å². The van der Waals surface area contributed by atoms with E-state index in [0.717, 1.165) is 11.1 Å². The lowest BCUT2D eigenvalue weighted by Crippen LogP contribution is -3.15. The van der Waals surface area contributed by atoms with E-state index in [4.69, 9.17) is 9.52 Å². The zero-order valence-electron chi connectivity index (χ0n) is 10.4. The minimum Gasteiger partial charge on any atom is -0.423 e. The van der Waals surface area contributed by atoms with Gasteiger partial charge in [-0.1, -0.05) is 12.1 Å². The van der Waals surface area contributed by atoms with Gasteiger partial charge in [-0.05, 0) is 12.1 Å². The zero-order chi connectivity index (χ0) is 13.1. The van der Waals surface area contributed by atoms with Gasteiger partial charge in [0.25, 0.3) is 0 Å². The van der Waals surface area contributed by atoms with Crippen LogP contribution in [0.3, 0.4) is 0 Å². The number of para-hydroxylation sites is 2. The number of hydrogen-bond donors (Lipinski definition) is 4. The number of benzene rings is 1. The van der Waals surface area contributed by atoms with Crippen molar-refractivity contribution in [3.05, 3.63) is 24.3 Å². The number of fused-ring (bicyclic) bond motifs is 1. The van der Waals surface area contributed by atoms with Crippen LogP contribution in [0, 0.1) is 0 Å². The third-order valence-electron chi connectivity index (χ3n) is 2.95. The van der Waals surface area contributed by atoms with E-state index in [9.17, 15) is 0 Å². The number of nitrogens with one attached hydrogen (secondary N) is 3. The number of anilines is 1. The van der Waals surface area contributed by atoms with Gasteiger partial charge < -0.3 is 14.8 Å². The highest BCUT2D eigenvalue weighted by molar-refractivity contribution is 5.92. The summed E-state index contributed by atoms with van der Waals surface area (Å²) in [7, 11) is 0. The second kappa shape index (κ2) is 5.25. The lowest BCUT2D eigenvalue weighted by atomic mass is 10.3. The van der Waals surface area contributed by atoms with Crippen molar-refractivity contribution in [1.82, 2.24) is 10.3 Å². The van der Waals surface area contributed by atoms with Crippen LogP contribution in [0.5, 0.6) is 0 Å². The molecule has 7 nitrogen and oxygen atoms in total. The Morgan fingerprint density at radius 2 is 2.32 bits per heavy atom. The number of aliphatic hydroxyl groups excluding tert-OH is 1. The van der Waals surface area contributed by atoms with Crippen LogP contribution >= 0.6 is 0 Å². The summed E-state index contributed by atoms with van der Waals surface area (Å²) in [6.45, 7) is 2.19. The van der Waals surface area contributed by atoms with Gasteiger partial charge in [0.15, 0.2) is 18.9 Å². The highest BCUT2D eigenvalue weighted by Crippen LogP contribution is 2.17. The maximum Gasteiger partial charge on any atom is 0.302 e. The Balaban J connectivity index is 1.68. The number of aliphatic imine (C=N–C) groups is 1. The molecule has 0 spiro atoms. The molecule has 1 aromatic carbocycles. The maximum absolute atomic E-state index is 8.86. The first-order valence-electron chi connectivity index (χ1n) is 6.20. The summed E-state index contributed by atoms with van der Waals surface area (Å²) in [6, 6.07) is 8.02. The van der Waals surface area contributed by atoms with Crippen LogP contribution in [0.2, 0.25) is 0 Å². The summed E-state index contributed by atoms with van der Waals surface area (Å²) in [5.41, 5.74) is 1.56. The number of hydrogen-bond acceptors (Lipinski definition) is 6. The van der Waals surface area contributed by atoms with Gasteiger partial charge in [-0.25, -0.2) is 0 Å². The average Bonchev–Trinajstić information content (AvgIpc) is 2.83. The van der Waals surface area contributed by atoms with E-state index in [1.54, 1.807) is 0 Å². The van der Waals surface area contributed by atoms with Gasteiger partial charge >= 0.3 is 6.01 Å². The molecule has 0 bridgehead atoms. The van der Waals surface area contributed by atoms with Crippen LogP contribution in [0.25, 0.3) is 11.1 Å². The number of rotatable bonds is 3. The number of aromatic nitrogens is 1. The summed E-state index contributed by atoms with van der Waals surface area (Å²) in [5.74, 6) is 0.647. The second-order valence-corrected chi connectivity index (χ2v) is 4.35. The molecular formula is C12H16N5O2+. The number of guanidine groups is 1. The van der Waals surface area contributed by atoms with Crippen LogP contribution in [0.15, 0.2) is 33.7 Å². The third-order valence-corrected chi connectivity index (χ3v) is 2.95. The predicted molar refractivity (Wildman–Crippen MR) is 70.9 cm³/mol. The first-order chi connectivity index (χ1) is 9.35. The molecular weight excluding hydrogens is 246 g/mol. The molecule has 1 atom stereocenters. The lowest BCUT2D eigenvalue weighted by molar-refractivity contribution is -0.903. The first-order valence-corrected chi connectivity index (χ1v) is 6.20. The summed E-state index contributed by atoms with van der Waals surface area (Å²) in [4.78, 5) is 9.84. The normalized spacial score (nSPS) is 19.0. The number of nitrogens with zero attached hydrogens (tertiary/aromatic N) is 2. The number of aliphatic hydroxyl groups is 1. The van der Waals surface area contributed by atoms with Crippen molar-refractivity contribution in [2.45, 2.75) is 0 Å². The fraction of sp³-hybridized carbons (Fsp3) is 0.333. The van der Waals surface area contributed by atoms with Gasteiger partial charge in [0.1, 0.15) is 12.1 Å². The Bertz CT molecular complexity index is 562. The quantitative estimate of drug-likeness (QED) is 0.569. The van der Waals surface area contributed by atoms with Gasteiger partial charge in [0, 0.05) is 0 Å². The van der Waals surface area contributed by atoms with E-state index in [1.807, 2.05) is 24.3 Å². The largest absolute Gasteiger partial charge is 0.423 e. The lowest BCUT2D eigenvalue weighted by Gasteiger charge is -2.22. The topological polar surface area (TPSA) is 87.1 Å². The minimum atomic E-state index is 0.167. The van der Waals surface area contributed by atoms with Crippen molar-refractivity contribution in [3.63, 3.8) is 0 Å². The van der Waals surface area contributed by atoms with E-state index in [2.05, 4.69) is 20.6 Å². The van der Waals surface area contributed by atoms with E-state index >= 15 is 0 Å². The molecule has 1 aromatic heterocycles. The van der Waals surface area contributed by atoms with Crippen LogP contribution < -0.4 is 15.5 Å². The van der Waals surface area contributed by atoms with Crippen molar-refractivity contribution < 1.29 is 14.4 Å². The van der Waals surface area contributed by atoms with E-state index < -0.39 is 0 Å². The third kappa shape index (κ3) is 2.67. The van der Waals surface area contributed by atoms with Crippen molar-refractivity contribution >= 4 is 23.1 Å². The molecule has 1 aliphatic heterocycles. The summed E-state index contributed by atoms with van der Waals surface area (Å²) < 4.78 is 5.56. The Kier molecular flexibility index (Phi) is 3.30. The molecule has 7 heteroatoms. The average molecular weight is 262 g/mol. The standard InChI is InChI=1S/C12H15N5O2/c18-6-5-17-7-13-11(14-8-17)16-12-15-9-3-1-2-4-10(9)19-12/h1-4,18H,5-8H2,(H2,13,14,15,16)/p+1. The zero-order valence-corrected chi connectivity index (χ0v) is 10.4. The predicted octanol–water partition coefficient (Wildman–Crippen LogP) is -1.01. The summed E-state index contributed by atoms with van der Waals surface area (Å²) in [5, 5.41) is 15.0. The maximum atomic E-state index is 8.86. The fourth-order valence-corrected chi connectivity index (χ4v) is 1.95. The molecule has 0 saturated carbocycles. The molecule has 0 saturated heterocycles. The molecule has 1 aliphatic rings. The van der Waals surface area contributed by atoms with Gasteiger partial charge in [0.05, 0.1) is 6.61 Å². The van der Waals surface area contributed by atoms with E-state index in [1.165, 1.54) is 4.90 Å². The number of oxazole rings is 1.